The highest BCUT2D eigenvalue weighted by atomic mass is 19.4. The van der Waals surface area contributed by atoms with E-state index < -0.39 is 12.6 Å². The van der Waals surface area contributed by atoms with Crippen molar-refractivity contribution in [2.24, 2.45) is 0 Å². The number of unbranched alkanes of at least 4 members (excludes halogenated alkanes) is 5. The van der Waals surface area contributed by atoms with E-state index in [9.17, 15) is 13.2 Å². The molecule has 0 bridgehead atoms. The SMILES string of the molecule is FC(F)(F)CC[CH]CCCCCOc1ccc(C2=C(c3ccccc3)CCCc3cc(OC4CCCCO4)ccc32)cc1. The van der Waals surface area contributed by atoms with E-state index in [1.54, 1.807) is 6.42 Å². The molecule has 0 amide bonds. The molecule has 0 N–H and O–H groups in total. The summed E-state index contributed by atoms with van der Waals surface area (Å²) in [6, 6.07) is 25.5. The molecule has 3 nitrogen and oxygen atoms in total. The molecule has 3 aromatic rings. The van der Waals surface area contributed by atoms with Crippen molar-refractivity contribution in [3.63, 3.8) is 0 Å². The molecular weight excluding hydrogens is 549 g/mol. The number of rotatable bonds is 13. The Morgan fingerprint density at radius 1 is 0.791 bits per heavy atom. The smallest absolute Gasteiger partial charge is 0.389 e. The molecule has 1 atom stereocenters. The summed E-state index contributed by atoms with van der Waals surface area (Å²) in [4.78, 5) is 0. The van der Waals surface area contributed by atoms with E-state index in [-0.39, 0.29) is 12.7 Å². The summed E-state index contributed by atoms with van der Waals surface area (Å²) in [6.45, 7) is 1.35. The van der Waals surface area contributed by atoms with Gasteiger partial charge < -0.3 is 14.2 Å². The highest BCUT2D eigenvalue weighted by Crippen LogP contribution is 2.41. The van der Waals surface area contributed by atoms with Gasteiger partial charge in [-0.1, -0.05) is 67.8 Å². The molecule has 0 spiro atoms. The average molecular weight is 592 g/mol. The lowest BCUT2D eigenvalue weighted by Crippen LogP contribution is -2.25. The number of fused-ring (bicyclic) bond motifs is 1. The Morgan fingerprint density at radius 2 is 1.60 bits per heavy atom. The molecule has 229 valence electrons. The van der Waals surface area contributed by atoms with Crippen LogP contribution < -0.4 is 9.47 Å². The standard InChI is InChI=1S/C37H42F3O3/c38-37(39,40)24-9-3-1-2-4-10-25-41-31-20-18-29(19-21-31)36-33(28-13-6-5-7-14-28)16-12-15-30-27-32(22-23-34(30)36)43-35-17-8-11-26-42-35/h3,5-7,13-14,18-23,27,35H,1-2,4,8-12,15-17,24-26H2. The number of aryl methyl sites for hydroxylation is 1. The van der Waals surface area contributed by atoms with Gasteiger partial charge in [0.15, 0.2) is 6.29 Å². The van der Waals surface area contributed by atoms with Crippen LogP contribution in [0.3, 0.4) is 0 Å². The van der Waals surface area contributed by atoms with Crippen molar-refractivity contribution in [1.29, 1.82) is 0 Å². The molecule has 1 saturated heterocycles. The lowest BCUT2D eigenvalue weighted by atomic mass is 9.88. The van der Waals surface area contributed by atoms with Crippen LogP contribution in [0.15, 0.2) is 72.8 Å². The largest absolute Gasteiger partial charge is 0.494 e. The van der Waals surface area contributed by atoms with Gasteiger partial charge in [-0.2, -0.15) is 13.2 Å². The second kappa shape index (κ2) is 15.5. The maximum Gasteiger partial charge on any atom is 0.389 e. The summed E-state index contributed by atoms with van der Waals surface area (Å²) in [5.74, 6) is 1.70. The lowest BCUT2D eigenvalue weighted by molar-refractivity contribution is -0.134. The van der Waals surface area contributed by atoms with Crippen LogP contribution in [0, 0.1) is 6.42 Å². The van der Waals surface area contributed by atoms with Gasteiger partial charge >= 0.3 is 6.18 Å². The van der Waals surface area contributed by atoms with Crippen molar-refractivity contribution in [3.05, 3.63) is 101 Å². The van der Waals surface area contributed by atoms with Gasteiger partial charge in [-0.05, 0) is 109 Å². The molecule has 1 heterocycles. The quantitative estimate of drug-likeness (QED) is 0.185. The fourth-order valence-electron chi connectivity index (χ4n) is 5.94. The van der Waals surface area contributed by atoms with Crippen molar-refractivity contribution in [2.75, 3.05) is 13.2 Å². The molecule has 5 rings (SSSR count). The third-order valence-electron chi connectivity index (χ3n) is 8.14. The van der Waals surface area contributed by atoms with Crippen molar-refractivity contribution in [1.82, 2.24) is 0 Å². The minimum atomic E-state index is -4.07. The van der Waals surface area contributed by atoms with Crippen LogP contribution >= 0.6 is 0 Å². The van der Waals surface area contributed by atoms with Crippen molar-refractivity contribution in [3.8, 4) is 11.5 Å². The van der Waals surface area contributed by atoms with Crippen molar-refractivity contribution >= 4 is 11.1 Å². The van der Waals surface area contributed by atoms with E-state index in [1.165, 1.54) is 27.8 Å². The van der Waals surface area contributed by atoms with Crippen LogP contribution in [0.5, 0.6) is 11.5 Å². The Kier molecular flexibility index (Phi) is 11.2. The van der Waals surface area contributed by atoms with Gasteiger partial charge in [-0.15, -0.1) is 0 Å². The summed E-state index contributed by atoms with van der Waals surface area (Å²) in [5, 5.41) is 0. The van der Waals surface area contributed by atoms with E-state index in [4.69, 9.17) is 14.2 Å². The summed E-state index contributed by atoms with van der Waals surface area (Å²) < 4.78 is 54.8. The van der Waals surface area contributed by atoms with E-state index in [0.717, 1.165) is 81.5 Å². The zero-order chi connectivity index (χ0) is 29.9. The molecule has 3 aromatic carbocycles. The van der Waals surface area contributed by atoms with Gasteiger partial charge in [-0.3, -0.25) is 0 Å². The van der Waals surface area contributed by atoms with Gasteiger partial charge in [0.1, 0.15) is 11.5 Å². The predicted octanol–water partition coefficient (Wildman–Crippen LogP) is 10.4. The van der Waals surface area contributed by atoms with Crippen LogP contribution in [0.2, 0.25) is 0 Å². The van der Waals surface area contributed by atoms with Crippen molar-refractivity contribution in [2.45, 2.75) is 89.5 Å². The molecule has 1 aliphatic carbocycles. The number of allylic oxidation sites excluding steroid dienone is 1. The number of ether oxygens (including phenoxy) is 3. The van der Waals surface area contributed by atoms with Crippen LogP contribution in [0.4, 0.5) is 13.2 Å². The van der Waals surface area contributed by atoms with Crippen LogP contribution in [0.1, 0.15) is 92.9 Å². The van der Waals surface area contributed by atoms with E-state index in [0.29, 0.717) is 13.0 Å². The fourth-order valence-corrected chi connectivity index (χ4v) is 5.94. The number of alkyl halides is 3. The van der Waals surface area contributed by atoms with Gasteiger partial charge in [-0.25, -0.2) is 0 Å². The number of hydrogen-bond acceptors (Lipinski definition) is 3. The lowest BCUT2D eigenvalue weighted by Gasteiger charge is -2.24. The van der Waals surface area contributed by atoms with E-state index in [1.807, 2.05) is 12.1 Å². The molecule has 0 aromatic heterocycles. The predicted molar refractivity (Wildman–Crippen MR) is 166 cm³/mol. The Morgan fingerprint density at radius 3 is 2.37 bits per heavy atom. The molecule has 1 radical (unpaired) electrons. The zero-order valence-corrected chi connectivity index (χ0v) is 24.8. The summed E-state index contributed by atoms with van der Waals surface area (Å²) in [5.41, 5.74) is 7.56. The third-order valence-corrected chi connectivity index (χ3v) is 8.14. The van der Waals surface area contributed by atoms with Crippen LogP contribution in [-0.4, -0.2) is 25.7 Å². The first-order valence-electron chi connectivity index (χ1n) is 15.8. The van der Waals surface area contributed by atoms with E-state index >= 15 is 0 Å². The maximum absolute atomic E-state index is 12.2. The first-order chi connectivity index (χ1) is 21.0. The Hall–Kier alpha value is -3.25. The van der Waals surface area contributed by atoms with Crippen LogP contribution in [-0.2, 0) is 11.2 Å². The molecular formula is C37H42F3O3. The van der Waals surface area contributed by atoms with Gasteiger partial charge in [0.2, 0.25) is 0 Å². The van der Waals surface area contributed by atoms with Crippen molar-refractivity contribution < 1.29 is 27.4 Å². The van der Waals surface area contributed by atoms with Gasteiger partial charge in [0.05, 0.1) is 13.2 Å². The Bertz CT molecular complexity index is 1310. The second-order valence-electron chi connectivity index (χ2n) is 11.5. The molecule has 2 aliphatic rings. The number of hydrogen-bond donors (Lipinski definition) is 0. The maximum atomic E-state index is 12.2. The second-order valence-corrected chi connectivity index (χ2v) is 11.5. The number of halogens is 3. The Balaban J connectivity index is 1.25. The number of benzene rings is 3. The summed E-state index contributed by atoms with van der Waals surface area (Å²) in [7, 11) is 0. The highest BCUT2D eigenvalue weighted by molar-refractivity contribution is 6.00. The van der Waals surface area contributed by atoms with Crippen LogP contribution in [0.25, 0.3) is 11.1 Å². The topological polar surface area (TPSA) is 27.7 Å². The zero-order valence-electron chi connectivity index (χ0n) is 24.8. The minimum absolute atomic E-state index is 0.101. The molecule has 1 fully saturated rings. The molecule has 1 unspecified atom stereocenters. The third kappa shape index (κ3) is 9.37. The van der Waals surface area contributed by atoms with E-state index in [2.05, 4.69) is 60.7 Å². The minimum Gasteiger partial charge on any atom is -0.494 e. The van der Waals surface area contributed by atoms with Gasteiger partial charge in [0.25, 0.3) is 0 Å². The molecule has 0 saturated carbocycles. The fraction of sp³-hybridized carbons (Fsp3) is 0.432. The first-order valence-corrected chi connectivity index (χ1v) is 15.8. The molecule has 43 heavy (non-hydrogen) atoms. The Labute approximate surface area is 254 Å². The van der Waals surface area contributed by atoms with Gasteiger partial charge in [0, 0.05) is 12.8 Å². The molecule has 1 aliphatic heterocycles. The average Bonchev–Trinajstić information content (AvgIpc) is 3.20. The monoisotopic (exact) mass is 591 g/mol. The summed E-state index contributed by atoms with van der Waals surface area (Å²) in [6.07, 6.45) is 6.49. The molecule has 6 heteroatoms. The normalized spacial score (nSPS) is 17.3. The highest BCUT2D eigenvalue weighted by Gasteiger charge is 2.26. The first kappa shape index (κ1) is 31.2. The summed E-state index contributed by atoms with van der Waals surface area (Å²) >= 11 is 0.